The summed E-state index contributed by atoms with van der Waals surface area (Å²) in [5.74, 6) is 3.07. The lowest BCUT2D eigenvalue weighted by molar-refractivity contribution is 0.404. The standard InChI is InChI=1S/C9H13ClN2OS/c1-13-8-6-11-12(9(8)10)7-2-4-14-5-3-7/h6-7H,2-5H2,1H3. The number of hydrogen-bond acceptors (Lipinski definition) is 3. The van der Waals surface area contributed by atoms with Crippen molar-refractivity contribution in [3.05, 3.63) is 11.3 Å². The summed E-state index contributed by atoms with van der Waals surface area (Å²) in [6.07, 6.45) is 3.98. The summed E-state index contributed by atoms with van der Waals surface area (Å²) in [6.45, 7) is 0. The Morgan fingerprint density at radius 2 is 2.29 bits per heavy atom. The molecule has 14 heavy (non-hydrogen) atoms. The van der Waals surface area contributed by atoms with Crippen LogP contribution in [0.2, 0.25) is 5.15 Å². The highest BCUT2D eigenvalue weighted by Gasteiger charge is 2.20. The molecule has 1 aliphatic heterocycles. The molecular weight excluding hydrogens is 220 g/mol. The molecule has 1 saturated heterocycles. The zero-order valence-corrected chi connectivity index (χ0v) is 9.64. The van der Waals surface area contributed by atoms with Crippen LogP contribution < -0.4 is 4.74 Å². The molecule has 5 heteroatoms. The highest BCUT2D eigenvalue weighted by atomic mass is 35.5. The van der Waals surface area contributed by atoms with E-state index in [9.17, 15) is 0 Å². The largest absolute Gasteiger partial charge is 0.492 e. The van der Waals surface area contributed by atoms with Gasteiger partial charge in [-0.3, -0.25) is 0 Å². The van der Waals surface area contributed by atoms with Crippen LogP contribution in [0.3, 0.4) is 0 Å². The third kappa shape index (κ3) is 1.86. The second-order valence-electron chi connectivity index (χ2n) is 3.29. The van der Waals surface area contributed by atoms with Crippen molar-refractivity contribution >= 4 is 23.4 Å². The summed E-state index contributed by atoms with van der Waals surface area (Å²) >= 11 is 8.12. The van der Waals surface area contributed by atoms with Crippen LogP contribution in [-0.2, 0) is 0 Å². The molecule has 0 aromatic carbocycles. The summed E-state index contributed by atoms with van der Waals surface area (Å²) in [4.78, 5) is 0. The molecule has 1 aromatic heterocycles. The highest BCUT2D eigenvalue weighted by Crippen LogP contribution is 2.32. The van der Waals surface area contributed by atoms with E-state index in [2.05, 4.69) is 5.10 Å². The molecule has 0 saturated carbocycles. The van der Waals surface area contributed by atoms with Crippen molar-refractivity contribution in [3.8, 4) is 5.75 Å². The van der Waals surface area contributed by atoms with Crippen molar-refractivity contribution in [1.82, 2.24) is 9.78 Å². The molecule has 0 atom stereocenters. The Hall–Kier alpha value is -0.350. The van der Waals surface area contributed by atoms with E-state index in [1.165, 1.54) is 11.5 Å². The number of thioether (sulfide) groups is 1. The SMILES string of the molecule is COc1cnn(C2CCSCC2)c1Cl. The first-order valence-electron chi connectivity index (χ1n) is 4.67. The maximum atomic E-state index is 6.13. The average Bonchev–Trinajstić information content (AvgIpc) is 2.61. The van der Waals surface area contributed by atoms with Gasteiger partial charge in [-0.15, -0.1) is 0 Å². The molecule has 0 aliphatic carbocycles. The second-order valence-corrected chi connectivity index (χ2v) is 4.87. The zero-order chi connectivity index (χ0) is 9.97. The van der Waals surface area contributed by atoms with Gasteiger partial charge in [0.1, 0.15) is 0 Å². The summed E-state index contributed by atoms with van der Waals surface area (Å²) in [6, 6.07) is 0.452. The minimum absolute atomic E-state index is 0.452. The third-order valence-corrected chi connectivity index (χ3v) is 3.87. The highest BCUT2D eigenvalue weighted by molar-refractivity contribution is 7.99. The number of halogens is 1. The first kappa shape index (κ1) is 10.2. The molecule has 0 N–H and O–H groups in total. The molecule has 1 fully saturated rings. The van der Waals surface area contributed by atoms with Crippen molar-refractivity contribution in [3.63, 3.8) is 0 Å². The van der Waals surface area contributed by atoms with E-state index < -0.39 is 0 Å². The van der Waals surface area contributed by atoms with E-state index >= 15 is 0 Å². The van der Waals surface area contributed by atoms with Gasteiger partial charge >= 0.3 is 0 Å². The van der Waals surface area contributed by atoms with Crippen molar-refractivity contribution in [2.24, 2.45) is 0 Å². The molecule has 0 radical (unpaired) electrons. The van der Waals surface area contributed by atoms with E-state index in [0.717, 1.165) is 12.8 Å². The topological polar surface area (TPSA) is 27.1 Å². The van der Waals surface area contributed by atoms with Crippen molar-refractivity contribution < 1.29 is 4.74 Å². The molecular formula is C9H13ClN2OS. The fourth-order valence-corrected chi connectivity index (χ4v) is 3.04. The second kappa shape index (κ2) is 4.45. The summed E-state index contributed by atoms with van der Waals surface area (Å²) in [5.41, 5.74) is 0. The summed E-state index contributed by atoms with van der Waals surface area (Å²) in [7, 11) is 1.62. The molecule has 0 spiro atoms. The van der Waals surface area contributed by atoms with Crippen LogP contribution in [-0.4, -0.2) is 28.4 Å². The molecule has 0 bridgehead atoms. The molecule has 2 rings (SSSR count). The molecule has 1 aromatic rings. The molecule has 1 aliphatic rings. The zero-order valence-electron chi connectivity index (χ0n) is 8.07. The quantitative estimate of drug-likeness (QED) is 0.785. The number of hydrogen-bond donors (Lipinski definition) is 0. The smallest absolute Gasteiger partial charge is 0.175 e. The predicted octanol–water partition coefficient (Wildman–Crippen LogP) is 2.61. The Morgan fingerprint density at radius 3 is 2.86 bits per heavy atom. The minimum Gasteiger partial charge on any atom is -0.492 e. The van der Waals surface area contributed by atoms with Crippen molar-refractivity contribution in [2.75, 3.05) is 18.6 Å². The normalized spacial score (nSPS) is 18.4. The summed E-state index contributed by atoms with van der Waals surface area (Å²) in [5, 5.41) is 4.89. The van der Waals surface area contributed by atoms with Gasteiger partial charge in [0.25, 0.3) is 0 Å². The monoisotopic (exact) mass is 232 g/mol. The Balaban J connectivity index is 2.18. The third-order valence-electron chi connectivity index (χ3n) is 2.46. The summed E-state index contributed by atoms with van der Waals surface area (Å²) < 4.78 is 6.98. The van der Waals surface area contributed by atoms with Crippen LogP contribution in [0.1, 0.15) is 18.9 Å². The van der Waals surface area contributed by atoms with E-state index in [1.54, 1.807) is 13.3 Å². The molecule has 78 valence electrons. The van der Waals surface area contributed by atoms with Crippen LogP contribution in [0, 0.1) is 0 Å². The number of rotatable bonds is 2. The van der Waals surface area contributed by atoms with Crippen LogP contribution in [0.15, 0.2) is 6.20 Å². The molecule has 2 heterocycles. The van der Waals surface area contributed by atoms with Crippen molar-refractivity contribution in [1.29, 1.82) is 0 Å². The number of nitrogens with zero attached hydrogens (tertiary/aromatic N) is 2. The fourth-order valence-electron chi connectivity index (χ4n) is 1.65. The van der Waals surface area contributed by atoms with Crippen LogP contribution in [0.5, 0.6) is 5.75 Å². The minimum atomic E-state index is 0.452. The van der Waals surface area contributed by atoms with Gasteiger partial charge in [0, 0.05) is 0 Å². The van der Waals surface area contributed by atoms with Gasteiger partial charge in [0.15, 0.2) is 10.9 Å². The van der Waals surface area contributed by atoms with Crippen LogP contribution in [0.25, 0.3) is 0 Å². The van der Waals surface area contributed by atoms with Gasteiger partial charge < -0.3 is 4.74 Å². The van der Waals surface area contributed by atoms with Gasteiger partial charge in [-0.25, -0.2) is 4.68 Å². The van der Waals surface area contributed by atoms with Crippen LogP contribution >= 0.6 is 23.4 Å². The first-order chi connectivity index (χ1) is 6.83. The lowest BCUT2D eigenvalue weighted by Crippen LogP contribution is -2.16. The lowest BCUT2D eigenvalue weighted by atomic mass is 10.2. The van der Waals surface area contributed by atoms with E-state index in [-0.39, 0.29) is 0 Å². The maximum absolute atomic E-state index is 6.13. The van der Waals surface area contributed by atoms with E-state index in [4.69, 9.17) is 16.3 Å². The molecule has 3 nitrogen and oxygen atoms in total. The van der Waals surface area contributed by atoms with Gasteiger partial charge in [0.2, 0.25) is 0 Å². The molecule has 0 amide bonds. The Labute approximate surface area is 92.8 Å². The number of methoxy groups -OCH3 is 1. The lowest BCUT2D eigenvalue weighted by Gasteiger charge is -2.22. The van der Waals surface area contributed by atoms with Gasteiger partial charge in [-0.2, -0.15) is 16.9 Å². The maximum Gasteiger partial charge on any atom is 0.175 e. The van der Waals surface area contributed by atoms with Gasteiger partial charge in [-0.05, 0) is 24.3 Å². The molecule has 0 unspecified atom stereocenters. The van der Waals surface area contributed by atoms with Gasteiger partial charge in [0.05, 0.1) is 19.3 Å². The Kier molecular flexibility index (Phi) is 3.23. The van der Waals surface area contributed by atoms with Gasteiger partial charge in [-0.1, -0.05) is 11.6 Å². The predicted molar refractivity (Wildman–Crippen MR) is 59.4 cm³/mol. The first-order valence-corrected chi connectivity index (χ1v) is 6.21. The van der Waals surface area contributed by atoms with E-state index in [1.807, 2.05) is 16.4 Å². The average molecular weight is 233 g/mol. The fraction of sp³-hybridized carbons (Fsp3) is 0.667. The number of ether oxygens (including phenoxy) is 1. The number of aromatic nitrogens is 2. The van der Waals surface area contributed by atoms with E-state index in [0.29, 0.717) is 16.9 Å². The Morgan fingerprint density at radius 1 is 1.57 bits per heavy atom. The van der Waals surface area contributed by atoms with Crippen LogP contribution in [0.4, 0.5) is 0 Å². The van der Waals surface area contributed by atoms with Crippen molar-refractivity contribution in [2.45, 2.75) is 18.9 Å². The Bertz CT molecular complexity index is 310.